The molecule has 0 aliphatic carbocycles. The zero-order chi connectivity index (χ0) is 19.8. The molecule has 1 atom stereocenters. The van der Waals surface area contributed by atoms with Gasteiger partial charge in [-0.25, -0.2) is 13.2 Å². The Morgan fingerprint density at radius 2 is 1.85 bits per heavy atom. The number of hydrogen-bond acceptors (Lipinski definition) is 4. The van der Waals surface area contributed by atoms with Crippen molar-refractivity contribution in [2.75, 3.05) is 14.9 Å². The third-order valence-electron chi connectivity index (χ3n) is 4.30. The van der Waals surface area contributed by atoms with Gasteiger partial charge in [0.1, 0.15) is 0 Å². The number of amides is 3. The van der Waals surface area contributed by atoms with Crippen LogP contribution in [0.3, 0.4) is 0 Å². The molecule has 1 heterocycles. The second-order valence-electron chi connectivity index (χ2n) is 6.41. The fourth-order valence-electron chi connectivity index (χ4n) is 3.27. The molecule has 0 radical (unpaired) electrons. The zero-order valence-electron chi connectivity index (χ0n) is 14.9. The number of anilines is 3. The summed E-state index contributed by atoms with van der Waals surface area (Å²) in [4.78, 5) is 24.5. The van der Waals surface area contributed by atoms with Gasteiger partial charge in [-0.1, -0.05) is 6.07 Å². The van der Waals surface area contributed by atoms with Gasteiger partial charge in [-0.3, -0.25) is 9.52 Å². The normalized spacial score (nSPS) is 15.9. The van der Waals surface area contributed by atoms with Crippen LogP contribution in [0.2, 0.25) is 0 Å². The highest BCUT2D eigenvalue weighted by molar-refractivity contribution is 7.92. The van der Waals surface area contributed by atoms with E-state index < -0.39 is 16.1 Å². The van der Waals surface area contributed by atoms with Crippen LogP contribution < -0.4 is 20.7 Å². The minimum Gasteiger partial charge on any atom is -0.351 e. The van der Waals surface area contributed by atoms with Crippen molar-refractivity contribution in [2.24, 2.45) is 5.73 Å². The Labute approximate surface area is 157 Å². The van der Waals surface area contributed by atoms with Crippen LogP contribution in [0.5, 0.6) is 0 Å². The zero-order valence-corrected chi connectivity index (χ0v) is 15.7. The second kappa shape index (κ2) is 6.92. The monoisotopic (exact) mass is 388 g/mol. The van der Waals surface area contributed by atoms with E-state index in [1.165, 1.54) is 19.1 Å². The summed E-state index contributed by atoms with van der Waals surface area (Å²) >= 11 is 0. The SMILES string of the molecule is CC(=O)N1c2ccc(S(=O)(=O)Nc3cccc(NC(N)=O)c3)cc2CC1C. The maximum absolute atomic E-state index is 12.7. The molecule has 1 aliphatic heterocycles. The molecule has 27 heavy (non-hydrogen) atoms. The average molecular weight is 388 g/mol. The van der Waals surface area contributed by atoms with Gasteiger partial charge in [0.05, 0.1) is 10.6 Å². The maximum atomic E-state index is 12.7. The summed E-state index contributed by atoms with van der Waals surface area (Å²) in [5.41, 5.74) is 7.29. The Bertz CT molecular complexity index is 1020. The minimum atomic E-state index is -3.83. The lowest BCUT2D eigenvalue weighted by atomic mass is 10.1. The number of primary amides is 1. The Morgan fingerprint density at radius 3 is 2.52 bits per heavy atom. The van der Waals surface area contributed by atoms with Gasteiger partial charge >= 0.3 is 6.03 Å². The molecule has 0 saturated carbocycles. The molecule has 1 aliphatic rings. The van der Waals surface area contributed by atoms with Gasteiger partial charge in [0.2, 0.25) is 5.91 Å². The lowest BCUT2D eigenvalue weighted by Crippen LogP contribution is -2.33. The first-order valence-electron chi connectivity index (χ1n) is 8.29. The predicted octanol–water partition coefficient (Wildman–Crippen LogP) is 2.28. The number of hydrogen-bond donors (Lipinski definition) is 3. The summed E-state index contributed by atoms with van der Waals surface area (Å²) in [7, 11) is -3.83. The van der Waals surface area contributed by atoms with Crippen molar-refractivity contribution < 1.29 is 18.0 Å². The molecular formula is C18H20N4O4S. The Balaban J connectivity index is 1.88. The molecule has 0 spiro atoms. The van der Waals surface area contributed by atoms with E-state index in [0.717, 1.165) is 11.3 Å². The fourth-order valence-corrected chi connectivity index (χ4v) is 4.37. The third kappa shape index (κ3) is 3.87. The van der Waals surface area contributed by atoms with Crippen molar-refractivity contribution in [3.05, 3.63) is 48.0 Å². The standard InChI is InChI=1S/C18H20N4O4S/c1-11-8-13-9-16(6-7-17(13)22(11)12(2)23)27(25,26)21-15-5-3-4-14(10-15)20-18(19)24/h3-7,9-11,21H,8H2,1-2H3,(H3,19,20,24). The Morgan fingerprint density at radius 1 is 1.15 bits per heavy atom. The summed E-state index contributed by atoms with van der Waals surface area (Å²) in [6.45, 7) is 3.41. The number of carbonyl (C=O) groups is 2. The lowest BCUT2D eigenvalue weighted by Gasteiger charge is -2.20. The van der Waals surface area contributed by atoms with E-state index in [2.05, 4.69) is 10.0 Å². The summed E-state index contributed by atoms with van der Waals surface area (Å²) < 4.78 is 27.9. The molecule has 2 aromatic rings. The van der Waals surface area contributed by atoms with Gasteiger partial charge in [0.25, 0.3) is 10.0 Å². The van der Waals surface area contributed by atoms with E-state index >= 15 is 0 Å². The fraction of sp³-hybridized carbons (Fsp3) is 0.222. The number of nitrogens with one attached hydrogen (secondary N) is 2. The van der Waals surface area contributed by atoms with Crippen molar-refractivity contribution in [3.63, 3.8) is 0 Å². The smallest absolute Gasteiger partial charge is 0.316 e. The first-order valence-corrected chi connectivity index (χ1v) is 9.78. The van der Waals surface area contributed by atoms with Crippen molar-refractivity contribution in [1.29, 1.82) is 0 Å². The number of rotatable bonds is 4. The maximum Gasteiger partial charge on any atom is 0.316 e. The molecule has 2 aromatic carbocycles. The molecule has 0 fully saturated rings. The number of benzene rings is 2. The topological polar surface area (TPSA) is 122 Å². The van der Waals surface area contributed by atoms with Gasteiger partial charge in [-0.05, 0) is 55.3 Å². The van der Waals surface area contributed by atoms with E-state index in [-0.39, 0.29) is 16.8 Å². The molecule has 8 nitrogen and oxygen atoms in total. The van der Waals surface area contributed by atoms with Crippen LogP contribution in [0.4, 0.5) is 21.9 Å². The van der Waals surface area contributed by atoms with Crippen LogP contribution in [0.15, 0.2) is 47.4 Å². The van der Waals surface area contributed by atoms with Crippen LogP contribution in [0, 0.1) is 0 Å². The van der Waals surface area contributed by atoms with Crippen LogP contribution in [-0.4, -0.2) is 26.4 Å². The molecule has 142 valence electrons. The van der Waals surface area contributed by atoms with E-state index in [4.69, 9.17) is 5.73 Å². The van der Waals surface area contributed by atoms with Crippen LogP contribution in [0.25, 0.3) is 0 Å². The van der Waals surface area contributed by atoms with E-state index in [9.17, 15) is 18.0 Å². The van der Waals surface area contributed by atoms with Crippen molar-refractivity contribution in [2.45, 2.75) is 31.2 Å². The summed E-state index contributed by atoms with van der Waals surface area (Å²) in [6, 6.07) is 10.2. The van der Waals surface area contributed by atoms with E-state index in [0.29, 0.717) is 17.8 Å². The minimum absolute atomic E-state index is 0.0139. The average Bonchev–Trinajstić information content (AvgIpc) is 2.89. The van der Waals surface area contributed by atoms with Crippen molar-refractivity contribution in [3.8, 4) is 0 Å². The summed E-state index contributed by atoms with van der Waals surface area (Å²) in [5, 5.41) is 2.39. The second-order valence-corrected chi connectivity index (χ2v) is 8.09. The number of fused-ring (bicyclic) bond motifs is 1. The lowest BCUT2D eigenvalue weighted by molar-refractivity contribution is -0.116. The van der Waals surface area contributed by atoms with Crippen molar-refractivity contribution >= 4 is 39.0 Å². The molecule has 9 heteroatoms. The van der Waals surface area contributed by atoms with Gasteiger partial charge in [0, 0.05) is 24.3 Å². The highest BCUT2D eigenvalue weighted by Gasteiger charge is 2.30. The molecule has 0 bridgehead atoms. The number of nitrogens with zero attached hydrogens (tertiary/aromatic N) is 1. The van der Waals surface area contributed by atoms with Gasteiger partial charge in [-0.2, -0.15) is 0 Å². The summed E-state index contributed by atoms with van der Waals surface area (Å²) in [6.07, 6.45) is 0.594. The summed E-state index contributed by atoms with van der Waals surface area (Å²) in [5.74, 6) is -0.0752. The highest BCUT2D eigenvalue weighted by atomic mass is 32.2. The molecule has 0 saturated heterocycles. The van der Waals surface area contributed by atoms with Crippen LogP contribution >= 0.6 is 0 Å². The Kier molecular flexibility index (Phi) is 4.79. The van der Waals surface area contributed by atoms with Crippen LogP contribution in [0.1, 0.15) is 19.4 Å². The van der Waals surface area contributed by atoms with Crippen LogP contribution in [-0.2, 0) is 21.2 Å². The highest BCUT2D eigenvalue weighted by Crippen LogP contribution is 2.34. The first-order chi connectivity index (χ1) is 12.7. The van der Waals surface area contributed by atoms with Gasteiger partial charge < -0.3 is 16.0 Å². The quantitative estimate of drug-likeness (QED) is 0.744. The number of carbonyl (C=O) groups excluding carboxylic acids is 2. The van der Waals surface area contributed by atoms with E-state index in [1.54, 1.807) is 35.2 Å². The Hall–Kier alpha value is -3.07. The number of sulfonamides is 1. The number of urea groups is 1. The molecule has 1 unspecified atom stereocenters. The molecular weight excluding hydrogens is 368 g/mol. The molecule has 3 rings (SSSR count). The molecule has 3 amide bonds. The van der Waals surface area contributed by atoms with Crippen molar-refractivity contribution in [1.82, 2.24) is 0 Å². The molecule has 4 N–H and O–H groups in total. The third-order valence-corrected chi connectivity index (χ3v) is 5.68. The number of nitrogens with two attached hydrogens (primary N) is 1. The predicted molar refractivity (Wildman–Crippen MR) is 103 cm³/mol. The first kappa shape index (κ1) is 18.7. The molecule has 0 aromatic heterocycles. The van der Waals surface area contributed by atoms with Gasteiger partial charge in [0.15, 0.2) is 0 Å². The largest absolute Gasteiger partial charge is 0.351 e. The van der Waals surface area contributed by atoms with Gasteiger partial charge in [-0.15, -0.1) is 0 Å². The van der Waals surface area contributed by atoms with E-state index in [1.807, 2.05) is 6.92 Å².